The van der Waals surface area contributed by atoms with Gasteiger partial charge in [0.05, 0.1) is 21.4 Å². The average molecular weight is 371 g/mol. The minimum Gasteiger partial charge on any atom is -0.478 e. The molecule has 98 valence electrons. The summed E-state index contributed by atoms with van der Waals surface area (Å²) in [7, 11) is 0. The van der Waals surface area contributed by atoms with Gasteiger partial charge in [-0.25, -0.2) is 9.78 Å². The van der Waals surface area contributed by atoms with Crippen LogP contribution < -0.4 is 5.56 Å². The van der Waals surface area contributed by atoms with Gasteiger partial charge in [0, 0.05) is 12.4 Å². The quantitative estimate of drug-likeness (QED) is 0.823. The lowest BCUT2D eigenvalue weighted by molar-refractivity contribution is 0.0696. The number of pyridine rings is 1. The summed E-state index contributed by atoms with van der Waals surface area (Å²) in [5.41, 5.74) is 0.602. The maximum absolute atomic E-state index is 12.0. The van der Waals surface area contributed by atoms with Crippen LogP contribution in [-0.2, 0) is 6.54 Å². The molecule has 0 radical (unpaired) electrons. The van der Waals surface area contributed by atoms with E-state index in [1.165, 1.54) is 23.0 Å². The molecular formula is C12H10IN3O3. The van der Waals surface area contributed by atoms with Crippen LogP contribution in [0, 0.1) is 10.5 Å². The molecule has 0 saturated carbocycles. The molecule has 0 aliphatic rings. The SMILES string of the molecule is Cc1ncc(I)c(=O)n1Cc1ccc(C(=O)O)cn1. The van der Waals surface area contributed by atoms with Crippen molar-refractivity contribution in [1.29, 1.82) is 0 Å². The second kappa shape index (κ2) is 5.47. The van der Waals surface area contributed by atoms with Gasteiger partial charge in [-0.3, -0.25) is 14.3 Å². The van der Waals surface area contributed by atoms with Crippen LogP contribution in [0.15, 0.2) is 29.3 Å². The van der Waals surface area contributed by atoms with Gasteiger partial charge in [0.2, 0.25) is 0 Å². The van der Waals surface area contributed by atoms with E-state index in [1.54, 1.807) is 13.0 Å². The molecule has 2 aromatic heterocycles. The summed E-state index contributed by atoms with van der Waals surface area (Å²) in [6.45, 7) is 2.01. The molecule has 2 heterocycles. The van der Waals surface area contributed by atoms with Gasteiger partial charge in [-0.2, -0.15) is 0 Å². The number of hydrogen-bond donors (Lipinski definition) is 1. The van der Waals surface area contributed by atoms with Gasteiger partial charge in [0.15, 0.2) is 0 Å². The highest BCUT2D eigenvalue weighted by molar-refractivity contribution is 14.1. The molecule has 19 heavy (non-hydrogen) atoms. The highest BCUT2D eigenvalue weighted by atomic mass is 127. The van der Waals surface area contributed by atoms with Gasteiger partial charge >= 0.3 is 5.97 Å². The van der Waals surface area contributed by atoms with E-state index in [2.05, 4.69) is 9.97 Å². The molecule has 0 bridgehead atoms. The Kier molecular flexibility index (Phi) is 3.93. The molecule has 0 amide bonds. The summed E-state index contributed by atoms with van der Waals surface area (Å²) in [5, 5.41) is 8.78. The summed E-state index contributed by atoms with van der Waals surface area (Å²) in [6, 6.07) is 3.06. The normalized spacial score (nSPS) is 10.4. The summed E-state index contributed by atoms with van der Waals surface area (Å²) in [4.78, 5) is 30.8. The second-order valence-electron chi connectivity index (χ2n) is 3.89. The third-order valence-electron chi connectivity index (χ3n) is 2.60. The van der Waals surface area contributed by atoms with Gasteiger partial charge in [-0.05, 0) is 41.6 Å². The maximum atomic E-state index is 12.0. The number of hydrogen-bond acceptors (Lipinski definition) is 4. The topological polar surface area (TPSA) is 85.1 Å². The van der Waals surface area contributed by atoms with E-state index in [4.69, 9.17) is 5.11 Å². The maximum Gasteiger partial charge on any atom is 0.337 e. The molecule has 0 aromatic carbocycles. The Morgan fingerprint density at radius 3 is 2.68 bits per heavy atom. The number of carboxylic acid groups (broad SMARTS) is 1. The van der Waals surface area contributed by atoms with Gasteiger partial charge in [-0.15, -0.1) is 0 Å². The lowest BCUT2D eigenvalue weighted by atomic mass is 10.2. The third-order valence-corrected chi connectivity index (χ3v) is 3.34. The fourth-order valence-electron chi connectivity index (χ4n) is 1.54. The number of aromatic carboxylic acids is 1. The van der Waals surface area contributed by atoms with Crippen molar-refractivity contribution < 1.29 is 9.90 Å². The van der Waals surface area contributed by atoms with Crippen molar-refractivity contribution in [2.45, 2.75) is 13.5 Å². The Morgan fingerprint density at radius 1 is 1.37 bits per heavy atom. The van der Waals surface area contributed by atoms with Crippen LogP contribution in [0.4, 0.5) is 0 Å². The second-order valence-corrected chi connectivity index (χ2v) is 5.05. The van der Waals surface area contributed by atoms with E-state index in [-0.39, 0.29) is 17.7 Å². The van der Waals surface area contributed by atoms with Gasteiger partial charge in [0.1, 0.15) is 5.82 Å². The van der Waals surface area contributed by atoms with Crippen LogP contribution in [-0.4, -0.2) is 25.6 Å². The van der Waals surface area contributed by atoms with Crippen LogP contribution in [0.5, 0.6) is 0 Å². The highest BCUT2D eigenvalue weighted by Crippen LogP contribution is 2.04. The van der Waals surface area contributed by atoms with Crippen LogP contribution in [0.2, 0.25) is 0 Å². The van der Waals surface area contributed by atoms with E-state index >= 15 is 0 Å². The first-order valence-corrected chi connectivity index (χ1v) is 6.47. The van der Waals surface area contributed by atoms with Crippen molar-refractivity contribution in [3.05, 3.63) is 55.5 Å². The smallest absolute Gasteiger partial charge is 0.337 e. The molecule has 0 aliphatic carbocycles. The van der Waals surface area contributed by atoms with Gasteiger partial charge in [0.25, 0.3) is 5.56 Å². The molecule has 0 fully saturated rings. The molecule has 2 rings (SSSR count). The van der Waals surface area contributed by atoms with E-state index in [0.29, 0.717) is 15.1 Å². The molecule has 2 aromatic rings. The molecule has 1 N–H and O–H groups in total. The van der Waals surface area contributed by atoms with Crippen LogP contribution in [0.3, 0.4) is 0 Å². The van der Waals surface area contributed by atoms with Crippen molar-refractivity contribution in [3.8, 4) is 0 Å². The average Bonchev–Trinajstić information content (AvgIpc) is 2.40. The fraction of sp³-hybridized carbons (Fsp3) is 0.167. The summed E-state index contributed by atoms with van der Waals surface area (Å²) >= 11 is 1.93. The zero-order valence-corrected chi connectivity index (χ0v) is 12.2. The largest absolute Gasteiger partial charge is 0.478 e. The first-order chi connectivity index (χ1) is 8.99. The zero-order valence-electron chi connectivity index (χ0n) is 10.00. The Bertz CT molecular complexity index is 680. The summed E-state index contributed by atoms with van der Waals surface area (Å²) < 4.78 is 2.04. The molecule has 0 saturated heterocycles. The number of carboxylic acids is 1. The molecule has 0 spiro atoms. The predicted molar refractivity (Wildman–Crippen MR) is 76.2 cm³/mol. The van der Waals surface area contributed by atoms with E-state index < -0.39 is 5.97 Å². The minimum absolute atomic E-state index is 0.119. The first-order valence-electron chi connectivity index (χ1n) is 5.39. The van der Waals surface area contributed by atoms with Crippen molar-refractivity contribution in [2.75, 3.05) is 0 Å². The van der Waals surface area contributed by atoms with Crippen LogP contribution >= 0.6 is 22.6 Å². The monoisotopic (exact) mass is 371 g/mol. The summed E-state index contributed by atoms with van der Waals surface area (Å²) in [5.74, 6) is -0.433. The molecule has 7 heteroatoms. The van der Waals surface area contributed by atoms with Crippen LogP contribution in [0.25, 0.3) is 0 Å². The Hall–Kier alpha value is -1.77. The van der Waals surface area contributed by atoms with Crippen molar-refractivity contribution in [2.24, 2.45) is 0 Å². The zero-order chi connectivity index (χ0) is 14.0. The number of nitrogens with zero attached hydrogens (tertiary/aromatic N) is 3. The minimum atomic E-state index is -1.02. The molecular weight excluding hydrogens is 361 g/mol. The Balaban J connectivity index is 2.34. The van der Waals surface area contributed by atoms with Gasteiger partial charge in [-0.1, -0.05) is 0 Å². The standard InChI is InChI=1S/C12H10IN3O3/c1-7-14-5-10(13)11(17)16(7)6-9-3-2-8(4-15-9)12(18)19/h2-5H,6H2,1H3,(H,18,19). The van der Waals surface area contributed by atoms with Crippen molar-refractivity contribution >= 4 is 28.6 Å². The highest BCUT2D eigenvalue weighted by Gasteiger charge is 2.08. The third kappa shape index (κ3) is 2.98. The summed E-state index contributed by atoms with van der Waals surface area (Å²) in [6.07, 6.45) is 2.80. The van der Waals surface area contributed by atoms with E-state index in [9.17, 15) is 9.59 Å². The van der Waals surface area contributed by atoms with Gasteiger partial charge < -0.3 is 5.11 Å². The fourth-order valence-corrected chi connectivity index (χ4v) is 1.97. The van der Waals surface area contributed by atoms with Crippen molar-refractivity contribution in [3.63, 3.8) is 0 Å². The Labute approximate surface area is 122 Å². The molecule has 0 unspecified atom stereocenters. The number of carbonyl (C=O) groups is 1. The predicted octanol–water partition coefficient (Wildman–Crippen LogP) is 1.30. The lowest BCUT2D eigenvalue weighted by Crippen LogP contribution is -2.26. The Morgan fingerprint density at radius 2 is 2.11 bits per heavy atom. The lowest BCUT2D eigenvalue weighted by Gasteiger charge is -2.08. The van der Waals surface area contributed by atoms with E-state index in [0.717, 1.165) is 0 Å². The molecule has 0 atom stereocenters. The number of aromatic nitrogens is 3. The molecule has 0 aliphatic heterocycles. The first kappa shape index (κ1) is 13.7. The molecule has 6 nitrogen and oxygen atoms in total. The van der Waals surface area contributed by atoms with Crippen LogP contribution in [0.1, 0.15) is 21.9 Å². The number of halogens is 1. The number of rotatable bonds is 3. The number of aryl methyl sites for hydroxylation is 1. The van der Waals surface area contributed by atoms with Crippen molar-refractivity contribution in [1.82, 2.24) is 14.5 Å². The van der Waals surface area contributed by atoms with E-state index in [1.807, 2.05) is 22.6 Å².